The van der Waals surface area contributed by atoms with Gasteiger partial charge in [-0.1, -0.05) is 29.3 Å². The van der Waals surface area contributed by atoms with E-state index in [0.717, 1.165) is 12.0 Å². The Hall–Kier alpha value is 0.0500. The standard InChI is InChI=1S/C9H10Cl3N/c10-4-3-9(13)6-1-2-7(11)8(12)5-6/h1-2,5,9H,3-4,13H2. The number of hydrogen-bond acceptors (Lipinski definition) is 1. The zero-order chi connectivity index (χ0) is 9.84. The van der Waals surface area contributed by atoms with Gasteiger partial charge in [0.1, 0.15) is 0 Å². The van der Waals surface area contributed by atoms with Crippen molar-refractivity contribution >= 4 is 34.8 Å². The van der Waals surface area contributed by atoms with E-state index in [1.165, 1.54) is 0 Å². The lowest BCUT2D eigenvalue weighted by molar-refractivity contribution is 0.703. The maximum absolute atomic E-state index is 5.84. The first-order valence-corrected chi connectivity index (χ1v) is 5.20. The molecular weight excluding hydrogens is 228 g/mol. The van der Waals surface area contributed by atoms with Gasteiger partial charge in [-0.25, -0.2) is 0 Å². The van der Waals surface area contributed by atoms with Crippen LogP contribution in [0.4, 0.5) is 0 Å². The Morgan fingerprint density at radius 1 is 1.23 bits per heavy atom. The Balaban J connectivity index is 2.84. The third kappa shape index (κ3) is 3.03. The smallest absolute Gasteiger partial charge is 0.0595 e. The first-order valence-electron chi connectivity index (χ1n) is 3.91. The van der Waals surface area contributed by atoms with E-state index < -0.39 is 0 Å². The van der Waals surface area contributed by atoms with Crippen LogP contribution in [0, 0.1) is 0 Å². The van der Waals surface area contributed by atoms with E-state index in [4.69, 9.17) is 40.5 Å². The Morgan fingerprint density at radius 2 is 1.92 bits per heavy atom. The summed E-state index contributed by atoms with van der Waals surface area (Å²) < 4.78 is 0. The normalized spacial score (nSPS) is 12.9. The fourth-order valence-corrected chi connectivity index (χ4v) is 1.57. The molecule has 0 amide bonds. The van der Waals surface area contributed by atoms with Crippen molar-refractivity contribution in [1.29, 1.82) is 0 Å². The highest BCUT2D eigenvalue weighted by Crippen LogP contribution is 2.25. The van der Waals surface area contributed by atoms with Gasteiger partial charge in [0.15, 0.2) is 0 Å². The SMILES string of the molecule is NC(CCCl)c1ccc(Cl)c(Cl)c1. The monoisotopic (exact) mass is 237 g/mol. The molecule has 1 unspecified atom stereocenters. The van der Waals surface area contributed by atoms with Gasteiger partial charge >= 0.3 is 0 Å². The van der Waals surface area contributed by atoms with E-state index in [1.54, 1.807) is 12.1 Å². The van der Waals surface area contributed by atoms with E-state index in [0.29, 0.717) is 15.9 Å². The van der Waals surface area contributed by atoms with Crippen LogP contribution in [0.1, 0.15) is 18.0 Å². The molecule has 0 saturated carbocycles. The summed E-state index contributed by atoms with van der Waals surface area (Å²) in [6.45, 7) is 0. The quantitative estimate of drug-likeness (QED) is 0.800. The van der Waals surface area contributed by atoms with Crippen molar-refractivity contribution in [3.05, 3.63) is 33.8 Å². The van der Waals surface area contributed by atoms with E-state index in [2.05, 4.69) is 0 Å². The molecule has 0 aliphatic heterocycles. The topological polar surface area (TPSA) is 26.0 Å². The summed E-state index contributed by atoms with van der Waals surface area (Å²) in [5, 5.41) is 1.08. The lowest BCUT2D eigenvalue weighted by atomic mass is 10.1. The van der Waals surface area contributed by atoms with Crippen LogP contribution in [0.25, 0.3) is 0 Å². The van der Waals surface area contributed by atoms with Gasteiger partial charge in [-0.3, -0.25) is 0 Å². The van der Waals surface area contributed by atoms with Gasteiger partial charge in [-0.15, -0.1) is 11.6 Å². The molecule has 1 nitrogen and oxygen atoms in total. The third-order valence-electron chi connectivity index (χ3n) is 1.79. The second-order valence-corrected chi connectivity index (χ2v) is 3.95. The van der Waals surface area contributed by atoms with Crippen LogP contribution in [0.15, 0.2) is 18.2 Å². The molecule has 1 rings (SSSR count). The van der Waals surface area contributed by atoms with Gasteiger partial charge in [0, 0.05) is 11.9 Å². The number of rotatable bonds is 3. The van der Waals surface area contributed by atoms with Crippen molar-refractivity contribution in [2.45, 2.75) is 12.5 Å². The van der Waals surface area contributed by atoms with Crippen LogP contribution < -0.4 is 5.73 Å². The molecule has 0 radical (unpaired) electrons. The van der Waals surface area contributed by atoms with Crippen molar-refractivity contribution in [2.24, 2.45) is 5.73 Å². The molecule has 1 atom stereocenters. The molecule has 1 aromatic carbocycles. The second-order valence-electron chi connectivity index (χ2n) is 2.76. The Labute approximate surface area is 92.8 Å². The van der Waals surface area contributed by atoms with Crippen molar-refractivity contribution in [3.8, 4) is 0 Å². The van der Waals surface area contributed by atoms with Gasteiger partial charge in [-0.2, -0.15) is 0 Å². The molecule has 0 aliphatic rings. The predicted octanol–water partition coefficient (Wildman–Crippen LogP) is 3.62. The van der Waals surface area contributed by atoms with Crippen molar-refractivity contribution in [2.75, 3.05) is 5.88 Å². The van der Waals surface area contributed by atoms with Crippen LogP contribution in [0.3, 0.4) is 0 Å². The van der Waals surface area contributed by atoms with Gasteiger partial charge in [0.05, 0.1) is 10.0 Å². The summed E-state index contributed by atoms with van der Waals surface area (Å²) in [6.07, 6.45) is 0.736. The minimum absolute atomic E-state index is 0.0627. The van der Waals surface area contributed by atoms with Crippen molar-refractivity contribution < 1.29 is 0 Å². The highest BCUT2D eigenvalue weighted by atomic mass is 35.5. The van der Waals surface area contributed by atoms with Gasteiger partial charge < -0.3 is 5.73 Å². The molecule has 0 bridgehead atoms. The number of benzene rings is 1. The maximum atomic E-state index is 5.84. The van der Waals surface area contributed by atoms with Gasteiger partial charge in [0.2, 0.25) is 0 Å². The average Bonchev–Trinajstić information content (AvgIpc) is 2.10. The molecule has 0 saturated heterocycles. The first-order chi connectivity index (χ1) is 6.15. The largest absolute Gasteiger partial charge is 0.324 e. The minimum atomic E-state index is -0.0627. The van der Waals surface area contributed by atoms with Gasteiger partial charge in [-0.05, 0) is 24.1 Å². The minimum Gasteiger partial charge on any atom is -0.324 e. The number of halogens is 3. The molecule has 0 spiro atoms. The number of alkyl halides is 1. The van der Waals surface area contributed by atoms with E-state index in [-0.39, 0.29) is 6.04 Å². The van der Waals surface area contributed by atoms with Crippen LogP contribution in [0.2, 0.25) is 10.0 Å². The van der Waals surface area contributed by atoms with E-state index in [1.807, 2.05) is 6.07 Å². The molecule has 4 heteroatoms. The summed E-state index contributed by atoms with van der Waals surface area (Å²) in [5.74, 6) is 0.543. The zero-order valence-electron chi connectivity index (χ0n) is 6.93. The van der Waals surface area contributed by atoms with Crippen LogP contribution in [-0.4, -0.2) is 5.88 Å². The molecule has 2 N–H and O–H groups in total. The van der Waals surface area contributed by atoms with Crippen molar-refractivity contribution in [3.63, 3.8) is 0 Å². The number of hydrogen-bond donors (Lipinski definition) is 1. The molecular formula is C9H10Cl3N. The summed E-state index contributed by atoms with van der Waals surface area (Å²) >= 11 is 17.2. The van der Waals surface area contributed by atoms with Crippen molar-refractivity contribution in [1.82, 2.24) is 0 Å². The Bertz CT molecular complexity index is 288. The average molecular weight is 239 g/mol. The third-order valence-corrected chi connectivity index (χ3v) is 2.75. The molecule has 0 fully saturated rings. The summed E-state index contributed by atoms with van der Waals surface area (Å²) in [5.41, 5.74) is 6.81. The molecule has 0 aliphatic carbocycles. The molecule has 72 valence electrons. The molecule has 1 aromatic rings. The van der Waals surface area contributed by atoms with Crippen LogP contribution >= 0.6 is 34.8 Å². The van der Waals surface area contributed by atoms with E-state index >= 15 is 0 Å². The highest BCUT2D eigenvalue weighted by molar-refractivity contribution is 6.42. The lowest BCUT2D eigenvalue weighted by Gasteiger charge is -2.10. The zero-order valence-corrected chi connectivity index (χ0v) is 9.20. The first kappa shape index (κ1) is 11.1. The summed E-state index contributed by atoms with van der Waals surface area (Å²) in [6, 6.07) is 5.33. The number of nitrogens with two attached hydrogens (primary N) is 1. The fourth-order valence-electron chi connectivity index (χ4n) is 1.03. The Morgan fingerprint density at radius 3 is 2.46 bits per heavy atom. The summed E-state index contributed by atoms with van der Waals surface area (Å²) in [4.78, 5) is 0. The predicted molar refractivity (Wildman–Crippen MR) is 58.7 cm³/mol. The lowest BCUT2D eigenvalue weighted by Crippen LogP contribution is -2.10. The Kier molecular flexibility index (Phi) is 4.33. The van der Waals surface area contributed by atoms with Gasteiger partial charge in [0.25, 0.3) is 0 Å². The highest BCUT2D eigenvalue weighted by Gasteiger charge is 2.06. The molecule has 0 heterocycles. The summed E-state index contributed by atoms with van der Waals surface area (Å²) in [7, 11) is 0. The van der Waals surface area contributed by atoms with Crippen LogP contribution in [-0.2, 0) is 0 Å². The molecule has 0 aromatic heterocycles. The van der Waals surface area contributed by atoms with E-state index in [9.17, 15) is 0 Å². The fraction of sp³-hybridized carbons (Fsp3) is 0.333. The maximum Gasteiger partial charge on any atom is 0.0595 e. The second kappa shape index (κ2) is 5.06. The van der Waals surface area contributed by atoms with Crippen LogP contribution in [0.5, 0.6) is 0 Å². The molecule has 13 heavy (non-hydrogen) atoms.